The summed E-state index contributed by atoms with van der Waals surface area (Å²) >= 11 is 1.59. The topological polar surface area (TPSA) is 42.1 Å². The summed E-state index contributed by atoms with van der Waals surface area (Å²) in [5.74, 6) is 0.712. The minimum absolute atomic E-state index is 0.0120. The van der Waals surface area contributed by atoms with Crippen LogP contribution in [0.1, 0.15) is 0 Å². The Morgan fingerprint density at radius 2 is 2.20 bits per heavy atom. The van der Waals surface area contributed by atoms with Crippen molar-refractivity contribution in [1.82, 2.24) is 4.98 Å². The molecule has 0 aliphatic heterocycles. The van der Waals surface area contributed by atoms with E-state index in [1.807, 2.05) is 12.3 Å². The molecule has 1 aromatic heterocycles. The van der Waals surface area contributed by atoms with Crippen molar-refractivity contribution in [3.63, 3.8) is 0 Å². The van der Waals surface area contributed by atoms with E-state index in [1.54, 1.807) is 31.1 Å². The normalized spacial score (nSPS) is 10.5. The van der Waals surface area contributed by atoms with Crippen LogP contribution in [-0.2, 0) is 0 Å². The highest BCUT2D eigenvalue weighted by Crippen LogP contribution is 2.27. The van der Waals surface area contributed by atoms with Crippen LogP contribution < -0.4 is 10.2 Å². The summed E-state index contributed by atoms with van der Waals surface area (Å²) in [6.45, 7) is 0. The fourth-order valence-corrected chi connectivity index (χ4v) is 2.11. The quantitative estimate of drug-likeness (QED) is 0.791. The van der Waals surface area contributed by atoms with Gasteiger partial charge in [-0.2, -0.15) is 0 Å². The molecule has 0 amide bonds. The number of methoxy groups -OCH3 is 1. The Hall–Kier alpha value is -1.42. The number of H-pyrrole nitrogens is 1. The third-order valence-electron chi connectivity index (χ3n) is 2.26. The van der Waals surface area contributed by atoms with Gasteiger partial charge in [0.05, 0.1) is 18.0 Å². The summed E-state index contributed by atoms with van der Waals surface area (Å²) in [6.07, 6.45) is 3.64. The van der Waals surface area contributed by atoms with E-state index in [-0.39, 0.29) is 5.43 Å². The van der Waals surface area contributed by atoms with E-state index in [4.69, 9.17) is 4.74 Å². The summed E-state index contributed by atoms with van der Waals surface area (Å²) in [4.78, 5) is 15.7. The molecule has 1 N–H and O–H groups in total. The van der Waals surface area contributed by atoms with Crippen molar-refractivity contribution in [2.45, 2.75) is 4.90 Å². The largest absolute Gasteiger partial charge is 0.497 e. The maximum Gasteiger partial charge on any atom is 0.189 e. The van der Waals surface area contributed by atoms with E-state index in [2.05, 4.69) is 4.98 Å². The van der Waals surface area contributed by atoms with Gasteiger partial charge in [-0.25, -0.2) is 0 Å². The number of hydrogen-bond donors (Lipinski definition) is 1. The van der Waals surface area contributed by atoms with Gasteiger partial charge in [-0.15, -0.1) is 11.8 Å². The molecule has 0 fully saturated rings. The summed E-state index contributed by atoms with van der Waals surface area (Å²) in [6, 6.07) is 5.20. The lowest BCUT2D eigenvalue weighted by molar-refractivity contribution is 0.414. The van der Waals surface area contributed by atoms with Crippen molar-refractivity contribution >= 4 is 22.7 Å². The van der Waals surface area contributed by atoms with Crippen molar-refractivity contribution in [1.29, 1.82) is 0 Å². The summed E-state index contributed by atoms with van der Waals surface area (Å²) in [5, 5.41) is 0.668. The van der Waals surface area contributed by atoms with Gasteiger partial charge in [0.25, 0.3) is 0 Å². The highest BCUT2D eigenvalue weighted by atomic mass is 32.2. The van der Waals surface area contributed by atoms with Gasteiger partial charge in [-0.05, 0) is 18.4 Å². The SMILES string of the molecule is COc1cc(SC)c2[nH]ccc(=O)c2c1. The fourth-order valence-electron chi connectivity index (χ4n) is 1.50. The first-order valence-corrected chi connectivity index (χ1v) is 5.72. The first-order valence-electron chi connectivity index (χ1n) is 4.49. The summed E-state index contributed by atoms with van der Waals surface area (Å²) in [5.41, 5.74) is 0.883. The molecule has 2 aromatic rings. The van der Waals surface area contributed by atoms with Crippen molar-refractivity contribution in [3.8, 4) is 5.75 Å². The highest BCUT2D eigenvalue weighted by molar-refractivity contribution is 7.98. The zero-order valence-electron chi connectivity index (χ0n) is 8.53. The Morgan fingerprint density at radius 3 is 2.87 bits per heavy atom. The molecule has 15 heavy (non-hydrogen) atoms. The van der Waals surface area contributed by atoms with E-state index in [1.165, 1.54) is 6.07 Å². The Balaban J connectivity index is 2.87. The molecule has 2 rings (SSSR count). The number of benzene rings is 1. The van der Waals surface area contributed by atoms with Crippen LogP contribution in [0.5, 0.6) is 5.75 Å². The molecule has 0 saturated carbocycles. The van der Waals surface area contributed by atoms with Crippen LogP contribution in [0.25, 0.3) is 10.9 Å². The Morgan fingerprint density at radius 1 is 1.40 bits per heavy atom. The second-order valence-electron chi connectivity index (χ2n) is 3.09. The number of fused-ring (bicyclic) bond motifs is 1. The standard InChI is InChI=1S/C11H11NO2S/c1-14-7-5-8-9(13)3-4-12-11(8)10(6-7)15-2/h3-6H,1-2H3,(H,12,13). The minimum atomic E-state index is 0.0120. The van der Waals surface area contributed by atoms with E-state index in [0.29, 0.717) is 11.1 Å². The highest BCUT2D eigenvalue weighted by Gasteiger charge is 2.06. The van der Waals surface area contributed by atoms with Crippen LogP contribution in [-0.4, -0.2) is 18.3 Å². The Labute approximate surface area is 91.5 Å². The molecule has 1 heterocycles. The molecule has 4 heteroatoms. The van der Waals surface area contributed by atoms with Crippen LogP contribution in [0.4, 0.5) is 0 Å². The van der Waals surface area contributed by atoms with Crippen LogP contribution in [0, 0.1) is 0 Å². The summed E-state index contributed by atoms with van der Waals surface area (Å²) in [7, 11) is 1.60. The molecule has 0 unspecified atom stereocenters. The maximum atomic E-state index is 11.6. The lowest BCUT2D eigenvalue weighted by Gasteiger charge is -2.06. The zero-order chi connectivity index (χ0) is 10.8. The van der Waals surface area contributed by atoms with Crippen molar-refractivity contribution in [3.05, 3.63) is 34.6 Å². The average molecular weight is 221 g/mol. The second kappa shape index (κ2) is 3.98. The third kappa shape index (κ3) is 1.72. The lowest BCUT2D eigenvalue weighted by Crippen LogP contribution is -2.01. The van der Waals surface area contributed by atoms with E-state index in [9.17, 15) is 4.79 Å². The third-order valence-corrected chi connectivity index (χ3v) is 3.02. The van der Waals surface area contributed by atoms with Gasteiger partial charge < -0.3 is 9.72 Å². The first kappa shape index (κ1) is 10.1. The van der Waals surface area contributed by atoms with E-state index < -0.39 is 0 Å². The molecule has 78 valence electrons. The molecule has 0 aliphatic rings. The van der Waals surface area contributed by atoms with Gasteiger partial charge in [-0.1, -0.05) is 0 Å². The number of hydrogen-bond acceptors (Lipinski definition) is 3. The smallest absolute Gasteiger partial charge is 0.189 e. The Kier molecular flexibility index (Phi) is 2.68. The number of rotatable bonds is 2. The molecule has 0 bridgehead atoms. The van der Waals surface area contributed by atoms with Crippen LogP contribution in [0.3, 0.4) is 0 Å². The minimum Gasteiger partial charge on any atom is -0.497 e. The number of aromatic amines is 1. The molecule has 0 saturated heterocycles. The van der Waals surface area contributed by atoms with Gasteiger partial charge in [0.2, 0.25) is 0 Å². The number of pyridine rings is 1. The maximum absolute atomic E-state index is 11.6. The van der Waals surface area contributed by atoms with Gasteiger partial charge in [0.15, 0.2) is 5.43 Å². The molecule has 0 aliphatic carbocycles. The van der Waals surface area contributed by atoms with Crippen molar-refractivity contribution < 1.29 is 4.74 Å². The van der Waals surface area contributed by atoms with Gasteiger partial charge in [0, 0.05) is 17.2 Å². The molecule has 0 radical (unpaired) electrons. The number of nitrogens with one attached hydrogen (secondary N) is 1. The molecular weight excluding hydrogens is 210 g/mol. The predicted molar refractivity (Wildman–Crippen MR) is 62.9 cm³/mol. The number of ether oxygens (including phenoxy) is 1. The Bertz CT molecular complexity index is 548. The molecular formula is C11H11NO2S. The molecule has 0 atom stereocenters. The second-order valence-corrected chi connectivity index (χ2v) is 3.94. The van der Waals surface area contributed by atoms with Gasteiger partial charge in [-0.3, -0.25) is 4.79 Å². The fraction of sp³-hybridized carbons (Fsp3) is 0.182. The summed E-state index contributed by atoms with van der Waals surface area (Å²) < 4.78 is 5.15. The zero-order valence-corrected chi connectivity index (χ0v) is 9.35. The van der Waals surface area contributed by atoms with Crippen molar-refractivity contribution in [2.75, 3.05) is 13.4 Å². The number of aromatic nitrogens is 1. The van der Waals surface area contributed by atoms with E-state index >= 15 is 0 Å². The number of thioether (sulfide) groups is 1. The molecule has 3 nitrogen and oxygen atoms in total. The predicted octanol–water partition coefficient (Wildman–Crippen LogP) is 2.26. The average Bonchev–Trinajstić information content (AvgIpc) is 2.28. The molecule has 0 spiro atoms. The van der Waals surface area contributed by atoms with Crippen LogP contribution in [0.15, 0.2) is 34.1 Å². The van der Waals surface area contributed by atoms with Crippen molar-refractivity contribution in [2.24, 2.45) is 0 Å². The molecule has 1 aromatic carbocycles. The monoisotopic (exact) mass is 221 g/mol. The van der Waals surface area contributed by atoms with Crippen LogP contribution >= 0.6 is 11.8 Å². The van der Waals surface area contributed by atoms with Crippen LogP contribution in [0.2, 0.25) is 0 Å². The van der Waals surface area contributed by atoms with E-state index in [0.717, 1.165) is 10.4 Å². The lowest BCUT2D eigenvalue weighted by atomic mass is 10.2. The van der Waals surface area contributed by atoms with Gasteiger partial charge >= 0.3 is 0 Å². The van der Waals surface area contributed by atoms with Gasteiger partial charge in [0.1, 0.15) is 5.75 Å². The first-order chi connectivity index (χ1) is 7.26.